The highest BCUT2D eigenvalue weighted by Gasteiger charge is 2.53. The minimum Gasteiger partial charge on any atom is -0.461 e. The number of hydrogen-bond donors (Lipinski definition) is 0. The average molecular weight is 998 g/mol. The largest absolute Gasteiger partial charge is 0.461 e. The van der Waals surface area contributed by atoms with E-state index in [2.05, 4.69) is 260 Å². The molecule has 5 aliphatic rings. The number of benzene rings is 11. The van der Waals surface area contributed by atoms with Crippen molar-refractivity contribution in [3.8, 4) is 61.8 Å². The Labute approximate surface area is 452 Å². The smallest absolute Gasteiger partial charge is 0.143 e. The molecule has 1 unspecified atom stereocenters. The molecule has 4 nitrogen and oxygen atoms in total. The first kappa shape index (κ1) is 43.4. The lowest BCUT2D eigenvalue weighted by molar-refractivity contribution is 0.364. The summed E-state index contributed by atoms with van der Waals surface area (Å²) in [5.41, 5.74) is 22.8. The van der Waals surface area contributed by atoms with Gasteiger partial charge in [-0.3, -0.25) is 0 Å². The molecule has 0 fully saturated rings. The maximum Gasteiger partial charge on any atom is 0.143 e. The third-order valence-corrected chi connectivity index (χ3v) is 17.5. The highest BCUT2D eigenvalue weighted by Crippen LogP contribution is 2.64. The molecule has 1 aromatic heterocycles. The molecule has 1 atom stereocenters. The highest BCUT2D eigenvalue weighted by molar-refractivity contribution is 6.09. The lowest BCUT2D eigenvalue weighted by Gasteiger charge is -2.41. The molecular formula is C74H47NO3. The summed E-state index contributed by atoms with van der Waals surface area (Å²) in [5.74, 6) is 3.73. The molecule has 0 amide bonds. The van der Waals surface area contributed by atoms with Gasteiger partial charge >= 0.3 is 0 Å². The number of rotatable bonds is 5. The predicted octanol–water partition coefficient (Wildman–Crippen LogP) is 19.2. The van der Waals surface area contributed by atoms with Gasteiger partial charge in [-0.25, -0.2) is 0 Å². The second-order valence-electron chi connectivity index (χ2n) is 21.2. The van der Waals surface area contributed by atoms with E-state index in [0.29, 0.717) is 0 Å². The molecule has 2 aliphatic heterocycles. The highest BCUT2D eigenvalue weighted by atomic mass is 16.5. The van der Waals surface area contributed by atoms with Crippen LogP contribution in [0.1, 0.15) is 51.8 Å². The fourth-order valence-corrected chi connectivity index (χ4v) is 14.3. The molecule has 0 N–H and O–H groups in total. The lowest BCUT2D eigenvalue weighted by atomic mass is 9.64. The topological polar surface area (TPSA) is 34.8 Å². The zero-order valence-corrected chi connectivity index (χ0v) is 42.4. The van der Waals surface area contributed by atoms with Gasteiger partial charge in [0.2, 0.25) is 0 Å². The summed E-state index contributed by atoms with van der Waals surface area (Å²) in [7, 11) is 0. The third kappa shape index (κ3) is 5.78. The SMILES string of the molecule is C1=CC2=C(CC1)Oc1ccccc1C21c2ccccc2-c2ccc(-c3ccccc3N(c3ccc(-c4cccc5c4oc4ccccc45)cc3)c3ccc4c(c3)C3(c5ccccc5Oc5ccccc53)c3ccccc3-4)cc21. The molecular weight excluding hydrogens is 951 g/mol. The van der Waals surface area contributed by atoms with Crippen LogP contribution in [0.2, 0.25) is 0 Å². The summed E-state index contributed by atoms with van der Waals surface area (Å²) >= 11 is 0. The minimum atomic E-state index is -0.641. The first-order valence-electron chi connectivity index (χ1n) is 27.1. The van der Waals surface area contributed by atoms with E-state index < -0.39 is 10.8 Å². The van der Waals surface area contributed by atoms with E-state index in [9.17, 15) is 0 Å². The molecule has 11 aromatic carbocycles. The van der Waals surface area contributed by atoms with Crippen LogP contribution in [0.5, 0.6) is 17.2 Å². The van der Waals surface area contributed by atoms with E-state index >= 15 is 0 Å². The minimum absolute atomic E-state index is 0.560. The molecule has 17 rings (SSSR count). The monoisotopic (exact) mass is 997 g/mol. The number of hydrogen-bond acceptors (Lipinski definition) is 4. The Morgan fingerprint density at radius 2 is 0.885 bits per heavy atom. The molecule has 3 aliphatic carbocycles. The van der Waals surface area contributed by atoms with Crippen LogP contribution in [0.3, 0.4) is 0 Å². The number of anilines is 3. The fraction of sp³-hybridized carbons (Fsp3) is 0.0541. The van der Waals surface area contributed by atoms with Crippen molar-refractivity contribution in [2.75, 3.05) is 4.90 Å². The van der Waals surface area contributed by atoms with Gasteiger partial charge in [0.1, 0.15) is 34.2 Å². The normalized spacial score (nSPS) is 16.4. The van der Waals surface area contributed by atoms with Crippen molar-refractivity contribution in [2.24, 2.45) is 0 Å². The van der Waals surface area contributed by atoms with Crippen molar-refractivity contribution >= 4 is 39.0 Å². The number of ether oxygens (including phenoxy) is 2. The summed E-state index contributed by atoms with van der Waals surface area (Å²) in [4.78, 5) is 2.47. The molecule has 366 valence electrons. The first-order chi connectivity index (χ1) is 38.7. The van der Waals surface area contributed by atoms with E-state index in [0.717, 1.165) is 108 Å². The lowest BCUT2D eigenvalue weighted by Crippen LogP contribution is -2.35. The van der Waals surface area contributed by atoms with Gasteiger partial charge in [-0.2, -0.15) is 0 Å². The van der Waals surface area contributed by atoms with Crippen LogP contribution in [-0.4, -0.2) is 0 Å². The molecule has 0 bridgehead atoms. The van der Waals surface area contributed by atoms with Crippen molar-refractivity contribution in [2.45, 2.75) is 23.7 Å². The van der Waals surface area contributed by atoms with Crippen LogP contribution >= 0.6 is 0 Å². The standard InChI is InChI=1S/C74H47NO3/c1-5-24-58-52(19-1)54-42-38-47(44-64(54)73(58)60-26-7-13-32-68(60)76-69-33-14-8-27-61(69)73)50-18-3-11-30-66(50)75(48-39-36-46(37-40-48)51-22-17-23-57-56-21-4-12-31-67(56)78-72(51)57)49-41-43-55-53-20-2-6-25-59(53)74(65(55)45-49)62-28-9-15-34-70(62)77-71-35-16-10-29-63(71)74/h1-13,15-32,34-45H,14,33H2. The van der Waals surface area contributed by atoms with Gasteiger partial charge in [0.15, 0.2) is 0 Å². The van der Waals surface area contributed by atoms with Gasteiger partial charge in [-0.1, -0.05) is 200 Å². The summed E-state index contributed by atoms with van der Waals surface area (Å²) in [6, 6.07) is 91.0. The fourth-order valence-electron chi connectivity index (χ4n) is 14.3. The number of allylic oxidation sites excluding steroid dienone is 4. The second-order valence-corrected chi connectivity index (χ2v) is 21.2. The van der Waals surface area contributed by atoms with Gasteiger partial charge in [0.05, 0.1) is 16.5 Å². The van der Waals surface area contributed by atoms with Gasteiger partial charge in [0, 0.05) is 62.0 Å². The molecule has 0 saturated carbocycles. The van der Waals surface area contributed by atoms with E-state index in [1.807, 2.05) is 6.07 Å². The summed E-state index contributed by atoms with van der Waals surface area (Å²) < 4.78 is 20.2. The molecule has 78 heavy (non-hydrogen) atoms. The summed E-state index contributed by atoms with van der Waals surface area (Å²) in [5, 5.41) is 2.23. The van der Waals surface area contributed by atoms with Crippen LogP contribution in [0, 0.1) is 0 Å². The number of furan rings is 1. The molecule has 0 radical (unpaired) electrons. The van der Waals surface area contributed by atoms with Crippen molar-refractivity contribution in [3.05, 3.63) is 311 Å². The van der Waals surface area contributed by atoms with Crippen LogP contribution in [0.15, 0.2) is 277 Å². The summed E-state index contributed by atoms with van der Waals surface area (Å²) in [6.45, 7) is 0. The van der Waals surface area contributed by atoms with Gasteiger partial charge in [0.25, 0.3) is 0 Å². The predicted molar refractivity (Wildman–Crippen MR) is 314 cm³/mol. The maximum absolute atomic E-state index is 6.83. The Morgan fingerprint density at radius 1 is 0.359 bits per heavy atom. The molecule has 4 heteroatoms. The average Bonchev–Trinajstić information content (AvgIpc) is 3.20. The quantitative estimate of drug-likeness (QED) is 0.172. The second kappa shape index (κ2) is 16.3. The van der Waals surface area contributed by atoms with Crippen LogP contribution in [0.4, 0.5) is 17.1 Å². The molecule has 0 saturated heterocycles. The van der Waals surface area contributed by atoms with Crippen molar-refractivity contribution < 1.29 is 13.9 Å². The van der Waals surface area contributed by atoms with E-state index in [4.69, 9.17) is 13.9 Å². The Morgan fingerprint density at radius 3 is 1.63 bits per heavy atom. The van der Waals surface area contributed by atoms with Gasteiger partial charge in [-0.15, -0.1) is 0 Å². The zero-order valence-electron chi connectivity index (χ0n) is 42.4. The number of fused-ring (bicyclic) bond motifs is 20. The van der Waals surface area contributed by atoms with Crippen molar-refractivity contribution in [3.63, 3.8) is 0 Å². The molecule has 3 heterocycles. The Balaban J connectivity index is 0.899. The number of nitrogens with zero attached hydrogens (tertiary/aromatic N) is 1. The van der Waals surface area contributed by atoms with Crippen LogP contribution in [0.25, 0.3) is 66.4 Å². The summed E-state index contributed by atoms with van der Waals surface area (Å²) in [6.07, 6.45) is 6.48. The molecule has 12 aromatic rings. The Kier molecular flexibility index (Phi) is 9.06. The Hall–Kier alpha value is -9.90. The first-order valence-corrected chi connectivity index (χ1v) is 27.1. The Bertz CT molecular complexity index is 4550. The van der Waals surface area contributed by atoms with E-state index in [1.54, 1.807) is 0 Å². The van der Waals surface area contributed by atoms with Crippen molar-refractivity contribution in [1.82, 2.24) is 0 Å². The number of para-hydroxylation sites is 6. The molecule has 2 spiro atoms. The zero-order chi connectivity index (χ0) is 51.1. The van der Waals surface area contributed by atoms with Gasteiger partial charge < -0.3 is 18.8 Å². The van der Waals surface area contributed by atoms with Crippen LogP contribution in [-0.2, 0) is 10.8 Å². The van der Waals surface area contributed by atoms with Crippen molar-refractivity contribution in [1.29, 1.82) is 0 Å². The maximum atomic E-state index is 6.83. The van der Waals surface area contributed by atoms with Crippen LogP contribution < -0.4 is 14.4 Å². The van der Waals surface area contributed by atoms with Gasteiger partial charge in [-0.05, 0) is 123 Å². The van der Waals surface area contributed by atoms with E-state index in [1.165, 1.54) is 55.6 Å². The van der Waals surface area contributed by atoms with E-state index in [-0.39, 0.29) is 0 Å². The third-order valence-electron chi connectivity index (χ3n) is 17.5.